The Kier molecular flexibility index (Phi) is 5.56. The molecule has 140 valence electrons. The van der Waals surface area contributed by atoms with Crippen LogP contribution >= 0.6 is 0 Å². The number of aryl methyl sites for hydroxylation is 1. The molecule has 1 amide bonds. The number of benzene rings is 2. The van der Waals surface area contributed by atoms with Gasteiger partial charge in [-0.3, -0.25) is 4.79 Å². The van der Waals surface area contributed by atoms with Gasteiger partial charge in [-0.15, -0.1) is 0 Å². The number of hydrogen-bond donors (Lipinski definition) is 1. The third-order valence-corrected chi connectivity index (χ3v) is 4.40. The number of aliphatic carboxylic acids is 1. The van der Waals surface area contributed by atoms with E-state index in [1.165, 1.54) is 10.6 Å². The molecule has 0 saturated carbocycles. The average Bonchev–Trinajstić information content (AvgIpc) is 3.03. The lowest BCUT2D eigenvalue weighted by Crippen LogP contribution is -2.27. The Morgan fingerprint density at radius 3 is 2.54 bits per heavy atom. The minimum atomic E-state index is -1.22. The maximum Gasteiger partial charge on any atom is 0.266 e. The van der Waals surface area contributed by atoms with E-state index < -0.39 is 11.9 Å². The van der Waals surface area contributed by atoms with Gasteiger partial charge in [0.15, 0.2) is 0 Å². The first kappa shape index (κ1) is 18.9. The monoisotopic (exact) mass is 372 g/mol. The molecule has 0 atom stereocenters. The van der Waals surface area contributed by atoms with Crippen LogP contribution in [0.15, 0.2) is 60.3 Å². The molecule has 0 fully saturated rings. The summed E-state index contributed by atoms with van der Waals surface area (Å²) >= 11 is 0. The van der Waals surface area contributed by atoms with Crippen molar-refractivity contribution in [3.05, 3.63) is 71.4 Å². The molecule has 28 heavy (non-hydrogen) atoms. The molecule has 1 aromatic heterocycles. The number of carbonyl (C=O) groups excluding carboxylic acids is 2. The Hall–Kier alpha value is -3.85. The molecule has 6 heteroatoms. The quantitative estimate of drug-likeness (QED) is 0.531. The zero-order chi connectivity index (χ0) is 20.1. The number of carbonyl (C=O) groups is 2. The van der Waals surface area contributed by atoms with Crippen LogP contribution in [0, 0.1) is 11.3 Å². The highest BCUT2D eigenvalue weighted by Gasteiger charge is 2.13. The van der Waals surface area contributed by atoms with Gasteiger partial charge in [0.2, 0.25) is 0 Å². The Balaban J connectivity index is 1.92. The van der Waals surface area contributed by atoms with Gasteiger partial charge in [-0.05, 0) is 36.3 Å². The van der Waals surface area contributed by atoms with E-state index in [2.05, 4.69) is 5.32 Å². The van der Waals surface area contributed by atoms with Crippen LogP contribution in [-0.4, -0.2) is 16.4 Å². The Bertz CT molecular complexity index is 1100. The molecule has 3 rings (SSSR count). The number of carboxylic acids is 1. The summed E-state index contributed by atoms with van der Waals surface area (Å²) in [6.45, 7) is 1.73. The van der Waals surface area contributed by atoms with Crippen LogP contribution in [0.25, 0.3) is 17.0 Å². The summed E-state index contributed by atoms with van der Waals surface area (Å²) in [4.78, 5) is 23.5. The van der Waals surface area contributed by atoms with Crippen molar-refractivity contribution in [3.63, 3.8) is 0 Å². The van der Waals surface area contributed by atoms with E-state index >= 15 is 0 Å². The summed E-state index contributed by atoms with van der Waals surface area (Å²) in [7, 11) is 0. The molecular weight excluding hydrogens is 354 g/mol. The molecule has 1 N–H and O–H groups in total. The molecular formula is C22H18N3O3-. The number of anilines is 1. The summed E-state index contributed by atoms with van der Waals surface area (Å²) in [5.74, 6) is -1.74. The van der Waals surface area contributed by atoms with Gasteiger partial charge in [-0.25, -0.2) is 0 Å². The zero-order valence-electron chi connectivity index (χ0n) is 15.3. The van der Waals surface area contributed by atoms with Gasteiger partial charge in [-0.1, -0.05) is 37.3 Å². The van der Waals surface area contributed by atoms with Gasteiger partial charge in [0, 0.05) is 28.4 Å². The number of carboxylic acid groups (broad SMARTS) is 1. The molecule has 3 aromatic rings. The Morgan fingerprint density at radius 1 is 1.18 bits per heavy atom. The minimum Gasteiger partial charge on any atom is -0.548 e. The van der Waals surface area contributed by atoms with Gasteiger partial charge < -0.3 is 19.8 Å². The van der Waals surface area contributed by atoms with E-state index in [-0.39, 0.29) is 12.1 Å². The largest absolute Gasteiger partial charge is 0.548 e. The molecule has 2 aromatic carbocycles. The van der Waals surface area contributed by atoms with E-state index in [4.69, 9.17) is 0 Å². The van der Waals surface area contributed by atoms with Crippen LogP contribution in [0.5, 0.6) is 0 Å². The number of amides is 1. The predicted octanol–water partition coefficient (Wildman–Crippen LogP) is 2.50. The molecule has 0 aliphatic heterocycles. The summed E-state index contributed by atoms with van der Waals surface area (Å²) in [5, 5.41) is 23.9. The first-order chi connectivity index (χ1) is 13.5. The number of nitrogens with zero attached hydrogens (tertiary/aromatic N) is 2. The number of hydrogen-bond acceptors (Lipinski definition) is 4. The fraction of sp³-hybridized carbons (Fsp3) is 0.136. The Morgan fingerprint density at radius 2 is 1.89 bits per heavy atom. The molecule has 0 spiro atoms. The second-order valence-corrected chi connectivity index (χ2v) is 6.28. The van der Waals surface area contributed by atoms with Crippen molar-refractivity contribution in [2.75, 3.05) is 5.32 Å². The highest BCUT2D eigenvalue weighted by atomic mass is 16.4. The van der Waals surface area contributed by atoms with Crippen LogP contribution < -0.4 is 10.4 Å². The molecule has 0 unspecified atom stereocenters. The van der Waals surface area contributed by atoms with E-state index in [9.17, 15) is 20.0 Å². The SMILES string of the molecule is CCc1ccc(NC(=O)/C(C#N)=C/c2cn(CC(=O)[O-])c3ccccc23)cc1. The van der Waals surface area contributed by atoms with Gasteiger partial charge >= 0.3 is 0 Å². The second-order valence-electron chi connectivity index (χ2n) is 6.28. The summed E-state index contributed by atoms with van der Waals surface area (Å²) in [5.41, 5.74) is 2.95. The zero-order valence-corrected chi connectivity index (χ0v) is 15.3. The average molecular weight is 372 g/mol. The number of para-hydroxylation sites is 1. The first-order valence-electron chi connectivity index (χ1n) is 8.81. The second kappa shape index (κ2) is 8.23. The highest BCUT2D eigenvalue weighted by molar-refractivity contribution is 6.10. The summed E-state index contributed by atoms with van der Waals surface area (Å²) in [6, 6.07) is 16.5. The maximum absolute atomic E-state index is 12.5. The third kappa shape index (κ3) is 4.10. The smallest absolute Gasteiger partial charge is 0.266 e. The lowest BCUT2D eigenvalue weighted by Gasteiger charge is -2.05. The lowest BCUT2D eigenvalue weighted by molar-refractivity contribution is -0.306. The fourth-order valence-corrected chi connectivity index (χ4v) is 2.99. The number of aromatic nitrogens is 1. The van der Waals surface area contributed by atoms with Crippen molar-refractivity contribution >= 4 is 34.5 Å². The minimum absolute atomic E-state index is 0.0732. The van der Waals surface area contributed by atoms with Crippen molar-refractivity contribution in [2.24, 2.45) is 0 Å². The topological polar surface area (TPSA) is 98.0 Å². The van der Waals surface area contributed by atoms with E-state index in [0.717, 1.165) is 17.4 Å². The predicted molar refractivity (Wildman–Crippen MR) is 105 cm³/mol. The molecule has 0 radical (unpaired) electrons. The Labute approximate surface area is 162 Å². The van der Waals surface area contributed by atoms with Crippen molar-refractivity contribution in [1.82, 2.24) is 4.57 Å². The van der Waals surface area contributed by atoms with Crippen molar-refractivity contribution in [3.8, 4) is 6.07 Å². The molecule has 6 nitrogen and oxygen atoms in total. The van der Waals surface area contributed by atoms with Crippen LogP contribution in [-0.2, 0) is 22.6 Å². The van der Waals surface area contributed by atoms with Gasteiger partial charge in [0.1, 0.15) is 11.6 Å². The maximum atomic E-state index is 12.5. The number of nitriles is 1. The first-order valence-corrected chi connectivity index (χ1v) is 8.81. The number of nitrogens with one attached hydrogen (secondary N) is 1. The highest BCUT2D eigenvalue weighted by Crippen LogP contribution is 2.24. The van der Waals surface area contributed by atoms with Gasteiger partial charge in [0.25, 0.3) is 5.91 Å². The summed E-state index contributed by atoms with van der Waals surface area (Å²) < 4.78 is 1.52. The number of rotatable bonds is 6. The molecule has 0 bridgehead atoms. The van der Waals surface area contributed by atoms with Gasteiger partial charge in [0.05, 0.1) is 12.5 Å². The fourth-order valence-electron chi connectivity index (χ4n) is 2.99. The standard InChI is InChI=1S/C22H19N3O3/c1-2-15-7-9-18(10-8-15)24-22(28)16(12-23)11-17-13-25(14-21(26)27)20-6-4-3-5-19(17)20/h3-11,13H,2,14H2,1H3,(H,24,28)(H,26,27)/p-1/b16-11+. The number of fused-ring (bicyclic) bond motifs is 1. The van der Waals surface area contributed by atoms with Crippen LogP contribution in [0.1, 0.15) is 18.1 Å². The van der Waals surface area contributed by atoms with E-state index in [1.807, 2.05) is 37.3 Å². The molecule has 0 aliphatic carbocycles. The van der Waals surface area contributed by atoms with E-state index in [1.54, 1.807) is 30.5 Å². The molecule has 0 aliphatic rings. The molecule has 1 heterocycles. The van der Waals surface area contributed by atoms with Crippen LogP contribution in [0.3, 0.4) is 0 Å². The lowest BCUT2D eigenvalue weighted by atomic mass is 10.1. The van der Waals surface area contributed by atoms with Crippen LogP contribution in [0.2, 0.25) is 0 Å². The third-order valence-electron chi connectivity index (χ3n) is 4.40. The van der Waals surface area contributed by atoms with Crippen LogP contribution in [0.4, 0.5) is 5.69 Å². The summed E-state index contributed by atoms with van der Waals surface area (Å²) in [6.07, 6.45) is 3.96. The van der Waals surface area contributed by atoms with Crippen molar-refractivity contribution in [2.45, 2.75) is 19.9 Å². The molecule has 0 saturated heterocycles. The van der Waals surface area contributed by atoms with Crippen molar-refractivity contribution in [1.29, 1.82) is 5.26 Å². The normalized spacial score (nSPS) is 11.2. The van der Waals surface area contributed by atoms with Crippen molar-refractivity contribution < 1.29 is 14.7 Å². The van der Waals surface area contributed by atoms with E-state index in [0.29, 0.717) is 16.8 Å². The van der Waals surface area contributed by atoms with Gasteiger partial charge in [-0.2, -0.15) is 5.26 Å².